The van der Waals surface area contributed by atoms with Crippen LogP contribution in [0.1, 0.15) is 79.2 Å². The van der Waals surface area contributed by atoms with Crippen LogP contribution in [0.5, 0.6) is 5.75 Å². The summed E-state index contributed by atoms with van der Waals surface area (Å²) in [4.78, 5) is 17.3. The lowest BCUT2D eigenvalue weighted by molar-refractivity contribution is 0.0953. The summed E-state index contributed by atoms with van der Waals surface area (Å²) in [7, 11) is 0. The van der Waals surface area contributed by atoms with Gasteiger partial charge in [0.25, 0.3) is 5.91 Å². The second-order valence-corrected chi connectivity index (χ2v) is 10.9. The minimum absolute atomic E-state index is 0.116. The van der Waals surface area contributed by atoms with E-state index in [0.29, 0.717) is 29.7 Å². The number of aromatic nitrogens is 2. The Morgan fingerprint density at radius 2 is 1.77 bits per heavy atom. The van der Waals surface area contributed by atoms with Crippen LogP contribution in [0.25, 0.3) is 11.0 Å². The Hall–Kier alpha value is -3.31. The minimum Gasteiger partial charge on any atom is -0.493 e. The zero-order valence-electron chi connectivity index (χ0n) is 23.4. The van der Waals surface area contributed by atoms with Crippen molar-refractivity contribution >= 4 is 28.5 Å². The zero-order valence-corrected chi connectivity index (χ0v) is 24.1. The predicted molar refractivity (Wildman–Crippen MR) is 161 cm³/mol. The van der Waals surface area contributed by atoms with E-state index in [9.17, 15) is 4.79 Å². The number of hydrogen-bond donors (Lipinski definition) is 1. The first-order chi connectivity index (χ1) is 18.9. The number of unbranched alkanes of at least 4 members (excludes halogenated alkanes) is 3. The van der Waals surface area contributed by atoms with Gasteiger partial charge in [0.1, 0.15) is 11.6 Å². The maximum atomic E-state index is 12.3. The van der Waals surface area contributed by atoms with Crippen LogP contribution in [0.3, 0.4) is 0 Å². The highest BCUT2D eigenvalue weighted by Gasteiger charge is 2.12. The fraction of sp³-hybridized carbons (Fsp3) is 0.394. The van der Waals surface area contributed by atoms with Crippen molar-refractivity contribution in [2.45, 2.75) is 71.8 Å². The Labute approximate surface area is 237 Å². The van der Waals surface area contributed by atoms with Crippen LogP contribution in [-0.4, -0.2) is 28.6 Å². The number of imidazole rings is 1. The number of amides is 1. The highest BCUT2D eigenvalue weighted by atomic mass is 35.5. The fourth-order valence-electron chi connectivity index (χ4n) is 4.89. The maximum absolute atomic E-state index is 12.3. The molecule has 206 valence electrons. The first-order valence-corrected chi connectivity index (χ1v) is 14.5. The van der Waals surface area contributed by atoms with Gasteiger partial charge in [0.05, 0.1) is 28.2 Å². The number of halogens is 1. The van der Waals surface area contributed by atoms with E-state index in [1.807, 2.05) is 18.2 Å². The molecule has 0 bridgehead atoms. The molecule has 3 aromatic carbocycles. The van der Waals surface area contributed by atoms with Crippen LogP contribution >= 0.6 is 11.6 Å². The molecule has 39 heavy (non-hydrogen) atoms. The van der Waals surface area contributed by atoms with Crippen LogP contribution in [-0.2, 0) is 13.0 Å². The van der Waals surface area contributed by atoms with E-state index in [0.717, 1.165) is 62.2 Å². The Kier molecular flexibility index (Phi) is 10.4. The zero-order chi connectivity index (χ0) is 27.6. The molecule has 1 aromatic heterocycles. The van der Waals surface area contributed by atoms with Crippen LogP contribution in [0, 0.1) is 6.92 Å². The molecule has 6 heteroatoms. The average Bonchev–Trinajstić information content (AvgIpc) is 3.27. The van der Waals surface area contributed by atoms with Crippen molar-refractivity contribution in [3.8, 4) is 5.75 Å². The van der Waals surface area contributed by atoms with E-state index in [-0.39, 0.29) is 5.91 Å². The lowest BCUT2D eigenvalue weighted by Gasteiger charge is -2.15. The Morgan fingerprint density at radius 3 is 2.59 bits per heavy atom. The van der Waals surface area contributed by atoms with Crippen molar-refractivity contribution in [2.24, 2.45) is 0 Å². The lowest BCUT2D eigenvalue weighted by Crippen LogP contribution is -2.24. The first kappa shape index (κ1) is 28.7. The minimum atomic E-state index is -0.116. The molecular weight excluding hydrogens is 506 g/mol. The molecule has 0 radical (unpaired) electrons. The van der Waals surface area contributed by atoms with Crippen LogP contribution in [0.15, 0.2) is 66.7 Å². The number of hydrogen-bond acceptors (Lipinski definition) is 3. The van der Waals surface area contributed by atoms with Gasteiger partial charge in [-0.15, -0.1) is 0 Å². The van der Waals surface area contributed by atoms with Gasteiger partial charge >= 0.3 is 0 Å². The number of nitrogens with one attached hydrogen (secondary N) is 1. The van der Waals surface area contributed by atoms with Gasteiger partial charge in [0.15, 0.2) is 0 Å². The van der Waals surface area contributed by atoms with Gasteiger partial charge in [0.2, 0.25) is 0 Å². The number of rotatable bonds is 14. The number of para-hydroxylation sites is 2. The van der Waals surface area contributed by atoms with Crippen LogP contribution in [0.2, 0.25) is 5.02 Å². The number of benzene rings is 3. The van der Waals surface area contributed by atoms with Crippen molar-refractivity contribution in [3.05, 3.63) is 94.3 Å². The van der Waals surface area contributed by atoms with Gasteiger partial charge in [-0.1, -0.05) is 68.3 Å². The molecule has 0 aliphatic rings. The smallest absolute Gasteiger partial charge is 0.252 e. The second kappa shape index (κ2) is 14.2. The monoisotopic (exact) mass is 545 g/mol. The van der Waals surface area contributed by atoms with Gasteiger partial charge in [0, 0.05) is 19.5 Å². The van der Waals surface area contributed by atoms with Gasteiger partial charge in [-0.2, -0.15) is 0 Å². The largest absolute Gasteiger partial charge is 0.493 e. The summed E-state index contributed by atoms with van der Waals surface area (Å²) in [5.41, 5.74) is 5.27. The Bertz CT molecular complexity index is 1380. The van der Waals surface area contributed by atoms with Crippen molar-refractivity contribution < 1.29 is 9.53 Å². The van der Waals surface area contributed by atoms with Gasteiger partial charge < -0.3 is 14.6 Å². The fourth-order valence-corrected chi connectivity index (χ4v) is 5.11. The number of aryl methyl sites for hydroxylation is 3. The molecule has 1 heterocycles. The van der Waals surface area contributed by atoms with E-state index >= 15 is 0 Å². The quantitative estimate of drug-likeness (QED) is 0.163. The molecule has 0 spiro atoms. The van der Waals surface area contributed by atoms with Crippen LogP contribution < -0.4 is 10.1 Å². The van der Waals surface area contributed by atoms with E-state index < -0.39 is 0 Å². The van der Waals surface area contributed by atoms with Crippen molar-refractivity contribution in [3.63, 3.8) is 0 Å². The van der Waals surface area contributed by atoms with E-state index in [1.165, 1.54) is 16.6 Å². The standard InChI is InChI=1S/C33H40ClN3O2/c1-24(2)26-19-18-25(3)23-31(26)39-22-12-11-21-37-30-16-9-8-15-29(30)36-32(37)17-5-4-10-20-35-33(38)27-13-6-7-14-28(27)34/h6-9,13-16,18-19,23-24H,4-5,10-12,17,20-22H2,1-3H3,(H,35,38). The maximum Gasteiger partial charge on any atom is 0.252 e. The number of carbonyl (C=O) groups is 1. The molecule has 0 fully saturated rings. The first-order valence-electron chi connectivity index (χ1n) is 14.1. The highest BCUT2D eigenvalue weighted by Crippen LogP contribution is 2.28. The molecule has 1 amide bonds. The molecule has 0 aliphatic heterocycles. The third-order valence-electron chi connectivity index (χ3n) is 7.04. The summed E-state index contributed by atoms with van der Waals surface area (Å²) in [5, 5.41) is 3.46. The SMILES string of the molecule is Cc1ccc(C(C)C)c(OCCCCn2c(CCCCCNC(=O)c3ccccc3Cl)nc3ccccc32)c1. The van der Waals surface area contributed by atoms with Crippen LogP contribution in [0.4, 0.5) is 0 Å². The molecule has 0 aliphatic carbocycles. The van der Waals surface area contributed by atoms with Crippen molar-refractivity contribution in [2.75, 3.05) is 13.2 Å². The summed E-state index contributed by atoms with van der Waals surface area (Å²) >= 11 is 6.13. The third kappa shape index (κ3) is 7.86. The third-order valence-corrected chi connectivity index (χ3v) is 7.37. The summed E-state index contributed by atoms with van der Waals surface area (Å²) in [6.07, 6.45) is 5.91. The normalized spacial score (nSPS) is 11.3. The molecular formula is C33H40ClN3O2. The molecule has 5 nitrogen and oxygen atoms in total. The average molecular weight is 546 g/mol. The predicted octanol–water partition coefficient (Wildman–Crippen LogP) is 8.12. The highest BCUT2D eigenvalue weighted by molar-refractivity contribution is 6.33. The number of ether oxygens (including phenoxy) is 1. The number of nitrogens with zero attached hydrogens (tertiary/aromatic N) is 2. The summed E-state index contributed by atoms with van der Waals surface area (Å²) < 4.78 is 8.58. The Balaban J connectivity index is 1.25. The molecule has 0 atom stereocenters. The van der Waals surface area contributed by atoms with Gasteiger partial charge in [-0.3, -0.25) is 4.79 Å². The summed E-state index contributed by atoms with van der Waals surface area (Å²) in [6.45, 7) is 8.81. The van der Waals surface area contributed by atoms with Gasteiger partial charge in [-0.05, 0) is 80.0 Å². The van der Waals surface area contributed by atoms with Crippen molar-refractivity contribution in [1.29, 1.82) is 0 Å². The molecule has 0 unspecified atom stereocenters. The number of fused-ring (bicyclic) bond motifs is 1. The molecule has 0 saturated heterocycles. The topological polar surface area (TPSA) is 56.1 Å². The number of carbonyl (C=O) groups excluding carboxylic acids is 1. The van der Waals surface area contributed by atoms with E-state index in [2.05, 4.69) is 67.1 Å². The van der Waals surface area contributed by atoms with E-state index in [4.69, 9.17) is 21.3 Å². The Morgan fingerprint density at radius 1 is 0.974 bits per heavy atom. The molecule has 4 aromatic rings. The second-order valence-electron chi connectivity index (χ2n) is 10.5. The summed E-state index contributed by atoms with van der Waals surface area (Å²) in [5.74, 6) is 2.48. The van der Waals surface area contributed by atoms with Gasteiger partial charge in [-0.25, -0.2) is 4.98 Å². The van der Waals surface area contributed by atoms with E-state index in [1.54, 1.807) is 12.1 Å². The lowest BCUT2D eigenvalue weighted by atomic mass is 10.0. The summed E-state index contributed by atoms with van der Waals surface area (Å²) in [6, 6.07) is 22.0. The molecule has 1 N–H and O–H groups in total. The molecule has 0 saturated carbocycles. The van der Waals surface area contributed by atoms with Crippen molar-refractivity contribution in [1.82, 2.24) is 14.9 Å². The molecule has 4 rings (SSSR count).